The van der Waals surface area contributed by atoms with Gasteiger partial charge in [-0.05, 0) is 18.9 Å². The van der Waals surface area contributed by atoms with Gasteiger partial charge < -0.3 is 10.6 Å². The summed E-state index contributed by atoms with van der Waals surface area (Å²) in [6.45, 7) is 8.14. The van der Waals surface area contributed by atoms with Crippen molar-refractivity contribution in [1.29, 1.82) is 0 Å². The molecule has 2 N–H and O–H groups in total. The van der Waals surface area contributed by atoms with Crippen LogP contribution in [0.2, 0.25) is 0 Å². The maximum atomic E-state index is 3.53. The van der Waals surface area contributed by atoms with E-state index in [-0.39, 0.29) is 0 Å². The topological polar surface area (TPSA) is 24.1 Å². The first-order valence-electron chi connectivity index (χ1n) is 5.23. The molecule has 0 atom stereocenters. The van der Waals surface area contributed by atoms with Gasteiger partial charge in [0.25, 0.3) is 0 Å². The Morgan fingerprint density at radius 2 is 2.08 bits per heavy atom. The normalized spacial score (nSPS) is 18.2. The van der Waals surface area contributed by atoms with Crippen LogP contribution in [-0.2, 0) is 0 Å². The molecule has 0 aromatic heterocycles. The maximum Gasteiger partial charge on any atom is 0.0317 e. The van der Waals surface area contributed by atoms with Crippen LogP contribution in [0.3, 0.4) is 0 Å². The zero-order valence-electron chi connectivity index (χ0n) is 8.40. The SMILES string of the molecule is CC(C)CCCCNC1CNC1. The Bertz CT molecular complexity index is 108. The second-order valence-corrected chi connectivity index (χ2v) is 4.20. The molecule has 1 fully saturated rings. The molecule has 0 saturated carbocycles. The van der Waals surface area contributed by atoms with Crippen LogP contribution in [-0.4, -0.2) is 25.7 Å². The molecule has 12 heavy (non-hydrogen) atoms. The van der Waals surface area contributed by atoms with E-state index in [0.29, 0.717) is 0 Å². The monoisotopic (exact) mass is 170 g/mol. The van der Waals surface area contributed by atoms with Gasteiger partial charge in [0, 0.05) is 19.1 Å². The molecule has 72 valence electrons. The fraction of sp³-hybridized carbons (Fsp3) is 1.00. The number of rotatable bonds is 6. The van der Waals surface area contributed by atoms with Gasteiger partial charge in [-0.1, -0.05) is 26.7 Å². The predicted molar refractivity (Wildman–Crippen MR) is 53.3 cm³/mol. The summed E-state index contributed by atoms with van der Waals surface area (Å²) in [6.07, 6.45) is 4.10. The second kappa shape index (κ2) is 5.55. The first-order chi connectivity index (χ1) is 5.79. The Hall–Kier alpha value is -0.0800. The number of unbranched alkanes of at least 4 members (excludes halogenated alkanes) is 1. The van der Waals surface area contributed by atoms with Crippen molar-refractivity contribution in [3.05, 3.63) is 0 Å². The molecular formula is C10H22N2. The maximum absolute atomic E-state index is 3.53. The molecule has 0 aliphatic carbocycles. The van der Waals surface area contributed by atoms with Gasteiger partial charge in [0.15, 0.2) is 0 Å². The highest BCUT2D eigenvalue weighted by Gasteiger charge is 2.14. The molecule has 0 bridgehead atoms. The van der Waals surface area contributed by atoms with Crippen LogP contribution >= 0.6 is 0 Å². The van der Waals surface area contributed by atoms with Crippen LogP contribution < -0.4 is 10.6 Å². The van der Waals surface area contributed by atoms with E-state index in [1.807, 2.05) is 0 Å². The average molecular weight is 170 g/mol. The van der Waals surface area contributed by atoms with Gasteiger partial charge >= 0.3 is 0 Å². The summed E-state index contributed by atoms with van der Waals surface area (Å²) in [5, 5.41) is 6.79. The molecule has 0 unspecified atom stereocenters. The van der Waals surface area contributed by atoms with Gasteiger partial charge in [0.1, 0.15) is 0 Å². The molecule has 1 aliphatic heterocycles. The quantitative estimate of drug-likeness (QED) is 0.588. The van der Waals surface area contributed by atoms with Crippen LogP contribution in [0.15, 0.2) is 0 Å². The van der Waals surface area contributed by atoms with Crippen molar-refractivity contribution in [1.82, 2.24) is 10.6 Å². The lowest BCUT2D eigenvalue weighted by Crippen LogP contribution is -2.55. The number of hydrogen-bond acceptors (Lipinski definition) is 2. The minimum atomic E-state index is 0.768. The third kappa shape index (κ3) is 4.07. The summed E-state index contributed by atoms with van der Waals surface area (Å²) in [5.41, 5.74) is 0. The minimum Gasteiger partial charge on any atom is -0.314 e. The molecule has 1 rings (SSSR count). The second-order valence-electron chi connectivity index (χ2n) is 4.20. The van der Waals surface area contributed by atoms with Gasteiger partial charge in [0.2, 0.25) is 0 Å². The highest BCUT2D eigenvalue weighted by atomic mass is 15.1. The summed E-state index contributed by atoms with van der Waals surface area (Å²) < 4.78 is 0. The molecule has 1 saturated heterocycles. The average Bonchev–Trinajstić information content (AvgIpc) is 1.92. The molecule has 2 heteroatoms. The van der Waals surface area contributed by atoms with Gasteiger partial charge in [0.05, 0.1) is 0 Å². The van der Waals surface area contributed by atoms with Crippen molar-refractivity contribution in [3.8, 4) is 0 Å². The molecule has 0 aromatic rings. The summed E-state index contributed by atoms with van der Waals surface area (Å²) >= 11 is 0. The molecule has 1 aliphatic rings. The lowest BCUT2D eigenvalue weighted by Gasteiger charge is -2.28. The van der Waals surface area contributed by atoms with Crippen molar-refractivity contribution in [2.45, 2.75) is 39.2 Å². The highest BCUT2D eigenvalue weighted by Crippen LogP contribution is 2.05. The van der Waals surface area contributed by atoms with E-state index in [0.717, 1.165) is 12.0 Å². The Kier molecular flexibility index (Phi) is 4.62. The lowest BCUT2D eigenvalue weighted by molar-refractivity contribution is 0.361. The van der Waals surface area contributed by atoms with Gasteiger partial charge in [-0.25, -0.2) is 0 Å². The van der Waals surface area contributed by atoms with E-state index < -0.39 is 0 Å². The van der Waals surface area contributed by atoms with Crippen LogP contribution in [0.5, 0.6) is 0 Å². The molecule has 0 radical (unpaired) electrons. The van der Waals surface area contributed by atoms with E-state index in [1.54, 1.807) is 0 Å². The summed E-state index contributed by atoms with van der Waals surface area (Å²) in [4.78, 5) is 0. The van der Waals surface area contributed by atoms with Crippen LogP contribution in [0.1, 0.15) is 33.1 Å². The Labute approximate surface area is 76.1 Å². The third-order valence-corrected chi connectivity index (χ3v) is 2.42. The van der Waals surface area contributed by atoms with Crippen molar-refractivity contribution < 1.29 is 0 Å². The largest absolute Gasteiger partial charge is 0.314 e. The number of nitrogens with one attached hydrogen (secondary N) is 2. The first-order valence-corrected chi connectivity index (χ1v) is 5.23. The third-order valence-electron chi connectivity index (χ3n) is 2.42. The van der Waals surface area contributed by atoms with E-state index in [9.17, 15) is 0 Å². The van der Waals surface area contributed by atoms with Crippen molar-refractivity contribution >= 4 is 0 Å². The molecule has 0 amide bonds. The molecular weight excluding hydrogens is 148 g/mol. The highest BCUT2D eigenvalue weighted by molar-refractivity contribution is 4.80. The zero-order chi connectivity index (χ0) is 8.81. The summed E-state index contributed by atoms with van der Waals surface area (Å²) in [5.74, 6) is 0.871. The minimum absolute atomic E-state index is 0.768. The van der Waals surface area contributed by atoms with Crippen LogP contribution in [0.25, 0.3) is 0 Å². The number of hydrogen-bond donors (Lipinski definition) is 2. The first kappa shape index (κ1) is 10.0. The summed E-state index contributed by atoms with van der Waals surface area (Å²) in [7, 11) is 0. The molecule has 0 aromatic carbocycles. The Morgan fingerprint density at radius 3 is 2.58 bits per heavy atom. The van der Waals surface area contributed by atoms with Gasteiger partial charge in [-0.3, -0.25) is 0 Å². The van der Waals surface area contributed by atoms with Crippen molar-refractivity contribution in [2.75, 3.05) is 19.6 Å². The van der Waals surface area contributed by atoms with Crippen molar-refractivity contribution in [2.24, 2.45) is 5.92 Å². The fourth-order valence-electron chi connectivity index (χ4n) is 1.42. The molecule has 1 heterocycles. The van der Waals surface area contributed by atoms with E-state index in [4.69, 9.17) is 0 Å². The Balaban J connectivity index is 1.76. The van der Waals surface area contributed by atoms with Crippen LogP contribution in [0.4, 0.5) is 0 Å². The van der Waals surface area contributed by atoms with Gasteiger partial charge in [-0.15, -0.1) is 0 Å². The van der Waals surface area contributed by atoms with E-state index in [1.165, 1.54) is 38.9 Å². The van der Waals surface area contributed by atoms with E-state index >= 15 is 0 Å². The smallest absolute Gasteiger partial charge is 0.0317 e. The molecule has 0 spiro atoms. The molecule has 2 nitrogen and oxygen atoms in total. The van der Waals surface area contributed by atoms with Crippen LogP contribution in [0, 0.1) is 5.92 Å². The lowest BCUT2D eigenvalue weighted by atomic mass is 10.1. The van der Waals surface area contributed by atoms with Crippen molar-refractivity contribution in [3.63, 3.8) is 0 Å². The zero-order valence-corrected chi connectivity index (χ0v) is 8.40. The predicted octanol–water partition coefficient (Wildman–Crippen LogP) is 1.37. The van der Waals surface area contributed by atoms with E-state index in [2.05, 4.69) is 24.5 Å². The fourth-order valence-corrected chi connectivity index (χ4v) is 1.42. The summed E-state index contributed by atoms with van der Waals surface area (Å²) in [6, 6.07) is 0.768. The van der Waals surface area contributed by atoms with Gasteiger partial charge in [-0.2, -0.15) is 0 Å². The standard InChI is InChI=1S/C10H22N2/c1-9(2)5-3-4-6-12-10-7-11-8-10/h9-12H,3-8H2,1-2H3. The Morgan fingerprint density at radius 1 is 1.33 bits per heavy atom.